The molecule has 0 heterocycles. The Labute approximate surface area is 233 Å². The topological polar surface area (TPSA) is 18.5 Å². The van der Waals surface area contributed by atoms with Crippen LogP contribution in [0.15, 0.2) is 59.2 Å². The molecule has 0 N–H and O–H groups in total. The Balaban J connectivity index is 1.33. The highest BCUT2D eigenvalue weighted by Gasteiger charge is 2.58. The standard InChI is InChI=1S/C36H52O2/c1-8-37-26(3)38-33-22-24-36(7)31-21-23-35(6)29(25(2)13-12-16-27-14-10-9-11-15-27)18-19-30(35)28(31)17-20-32(36)34(33,4)5/h9-12,14-16,19,25-26,29,32-33H,8,13,17-18,20-24H2,1-7H3/t25-,26?,29-,32?,33?,35-,36-/m1/s1. The summed E-state index contributed by atoms with van der Waals surface area (Å²) in [6.07, 6.45) is 17.5. The third kappa shape index (κ3) is 4.79. The monoisotopic (exact) mass is 516 g/mol. The molecule has 1 aromatic rings. The van der Waals surface area contributed by atoms with Gasteiger partial charge in [0.2, 0.25) is 0 Å². The Hall–Kier alpha value is -1.64. The van der Waals surface area contributed by atoms with E-state index < -0.39 is 0 Å². The van der Waals surface area contributed by atoms with Crippen LogP contribution in [0.2, 0.25) is 0 Å². The van der Waals surface area contributed by atoms with E-state index in [2.05, 4.69) is 97.0 Å². The van der Waals surface area contributed by atoms with Gasteiger partial charge in [0.25, 0.3) is 0 Å². The molecule has 0 amide bonds. The van der Waals surface area contributed by atoms with Crippen molar-refractivity contribution in [3.63, 3.8) is 0 Å². The summed E-state index contributed by atoms with van der Waals surface area (Å²) in [5.41, 5.74) is 7.43. The SMILES string of the molecule is CCOC(C)OC1CC[C@]2(C)C3=C(CCC2C1(C)C)C1=CC[C@H]([C@H](C)CC=Cc2ccccc2)[C@@]1(C)CC3. The van der Waals surface area contributed by atoms with Gasteiger partial charge in [-0.1, -0.05) is 88.8 Å². The molecule has 0 radical (unpaired) electrons. The third-order valence-corrected chi connectivity index (χ3v) is 11.5. The molecule has 4 aliphatic rings. The fraction of sp³-hybridized carbons (Fsp3) is 0.667. The van der Waals surface area contributed by atoms with Crippen molar-refractivity contribution in [2.75, 3.05) is 6.61 Å². The molecule has 0 bridgehead atoms. The quantitative estimate of drug-likeness (QED) is 0.320. The zero-order chi connectivity index (χ0) is 27.1. The highest BCUT2D eigenvalue weighted by molar-refractivity contribution is 5.51. The highest BCUT2D eigenvalue weighted by Crippen LogP contribution is 2.67. The Morgan fingerprint density at radius 2 is 1.74 bits per heavy atom. The summed E-state index contributed by atoms with van der Waals surface area (Å²) < 4.78 is 12.3. The number of benzene rings is 1. The minimum atomic E-state index is -0.118. The van der Waals surface area contributed by atoms with Gasteiger partial charge in [-0.2, -0.15) is 0 Å². The average molecular weight is 517 g/mol. The van der Waals surface area contributed by atoms with Gasteiger partial charge in [-0.25, -0.2) is 0 Å². The molecule has 1 saturated carbocycles. The Kier molecular flexibility index (Phi) is 7.88. The number of allylic oxidation sites excluding steroid dienone is 5. The largest absolute Gasteiger partial charge is 0.353 e. The van der Waals surface area contributed by atoms with Crippen LogP contribution in [0.25, 0.3) is 6.08 Å². The van der Waals surface area contributed by atoms with Crippen LogP contribution in [0.5, 0.6) is 0 Å². The van der Waals surface area contributed by atoms with E-state index in [1.807, 2.05) is 5.57 Å². The van der Waals surface area contributed by atoms with Crippen molar-refractivity contribution in [2.24, 2.45) is 34.0 Å². The van der Waals surface area contributed by atoms with Crippen LogP contribution in [0.4, 0.5) is 0 Å². The zero-order valence-corrected chi connectivity index (χ0v) is 25.2. The molecule has 1 aromatic carbocycles. The molecule has 3 unspecified atom stereocenters. The smallest absolute Gasteiger partial charge is 0.155 e. The predicted octanol–water partition coefficient (Wildman–Crippen LogP) is 9.77. The van der Waals surface area contributed by atoms with Crippen molar-refractivity contribution in [3.8, 4) is 0 Å². The van der Waals surface area contributed by atoms with Crippen LogP contribution in [-0.2, 0) is 9.47 Å². The summed E-state index contributed by atoms with van der Waals surface area (Å²) >= 11 is 0. The van der Waals surface area contributed by atoms with E-state index in [0.717, 1.165) is 18.8 Å². The minimum absolute atomic E-state index is 0.118. The predicted molar refractivity (Wildman–Crippen MR) is 160 cm³/mol. The average Bonchev–Trinajstić information content (AvgIpc) is 3.24. The number of hydrogen-bond donors (Lipinski definition) is 0. The van der Waals surface area contributed by atoms with E-state index in [-0.39, 0.29) is 17.8 Å². The van der Waals surface area contributed by atoms with Crippen LogP contribution in [0, 0.1) is 34.0 Å². The van der Waals surface area contributed by atoms with Gasteiger partial charge in [0.15, 0.2) is 6.29 Å². The van der Waals surface area contributed by atoms with E-state index in [9.17, 15) is 0 Å². The van der Waals surface area contributed by atoms with Crippen molar-refractivity contribution in [1.82, 2.24) is 0 Å². The number of ether oxygens (including phenoxy) is 2. The molecule has 0 saturated heterocycles. The molecular weight excluding hydrogens is 464 g/mol. The molecule has 4 aliphatic carbocycles. The zero-order valence-electron chi connectivity index (χ0n) is 25.2. The second kappa shape index (κ2) is 10.7. The van der Waals surface area contributed by atoms with E-state index in [1.54, 1.807) is 11.1 Å². The molecule has 1 fully saturated rings. The summed E-state index contributed by atoms with van der Waals surface area (Å²) in [6, 6.07) is 10.7. The molecule has 0 aromatic heterocycles. The van der Waals surface area contributed by atoms with Crippen molar-refractivity contribution in [2.45, 2.75) is 112 Å². The normalized spacial score (nSPS) is 35.9. The van der Waals surface area contributed by atoms with E-state index >= 15 is 0 Å². The molecule has 208 valence electrons. The molecule has 2 heteroatoms. The van der Waals surface area contributed by atoms with Crippen molar-refractivity contribution in [1.29, 1.82) is 0 Å². The molecule has 0 spiro atoms. The first kappa shape index (κ1) is 27.9. The maximum Gasteiger partial charge on any atom is 0.155 e. The number of rotatable bonds is 8. The summed E-state index contributed by atoms with van der Waals surface area (Å²) in [7, 11) is 0. The molecule has 38 heavy (non-hydrogen) atoms. The van der Waals surface area contributed by atoms with Crippen LogP contribution in [-0.4, -0.2) is 19.0 Å². The lowest BCUT2D eigenvalue weighted by Gasteiger charge is -2.60. The third-order valence-electron chi connectivity index (χ3n) is 11.5. The fourth-order valence-corrected chi connectivity index (χ4v) is 9.46. The van der Waals surface area contributed by atoms with E-state index in [0.29, 0.717) is 29.3 Å². The van der Waals surface area contributed by atoms with Crippen LogP contribution < -0.4 is 0 Å². The number of hydrogen-bond acceptors (Lipinski definition) is 2. The summed E-state index contributed by atoms with van der Waals surface area (Å²) in [5, 5.41) is 0. The lowest BCUT2D eigenvalue weighted by molar-refractivity contribution is -0.214. The first-order valence-corrected chi connectivity index (χ1v) is 15.5. The van der Waals surface area contributed by atoms with Gasteiger partial charge in [-0.15, -0.1) is 0 Å². The van der Waals surface area contributed by atoms with Crippen molar-refractivity contribution < 1.29 is 9.47 Å². The van der Waals surface area contributed by atoms with E-state index in [1.165, 1.54) is 44.1 Å². The Bertz CT molecular complexity index is 1080. The van der Waals surface area contributed by atoms with Crippen LogP contribution in [0.3, 0.4) is 0 Å². The lowest BCUT2D eigenvalue weighted by atomic mass is 9.46. The molecule has 0 aliphatic heterocycles. The van der Waals surface area contributed by atoms with Gasteiger partial charge in [-0.05, 0) is 116 Å². The summed E-state index contributed by atoms with van der Waals surface area (Å²) in [6.45, 7) is 17.5. The Morgan fingerprint density at radius 1 is 0.974 bits per heavy atom. The van der Waals surface area contributed by atoms with E-state index in [4.69, 9.17) is 9.47 Å². The first-order chi connectivity index (χ1) is 18.1. The number of fused-ring (bicyclic) bond motifs is 4. The summed E-state index contributed by atoms with van der Waals surface area (Å²) in [5.74, 6) is 2.12. The van der Waals surface area contributed by atoms with Crippen molar-refractivity contribution in [3.05, 3.63) is 64.8 Å². The lowest BCUT2D eigenvalue weighted by Crippen LogP contribution is -2.54. The second-order valence-electron chi connectivity index (χ2n) is 13.9. The van der Waals surface area contributed by atoms with Gasteiger partial charge >= 0.3 is 0 Å². The summed E-state index contributed by atoms with van der Waals surface area (Å²) in [4.78, 5) is 0. The minimum Gasteiger partial charge on any atom is -0.353 e. The first-order valence-electron chi connectivity index (χ1n) is 15.5. The van der Waals surface area contributed by atoms with Gasteiger partial charge in [0.05, 0.1) is 6.10 Å². The molecule has 5 rings (SSSR count). The maximum atomic E-state index is 6.51. The fourth-order valence-electron chi connectivity index (χ4n) is 9.46. The van der Waals surface area contributed by atoms with Gasteiger partial charge < -0.3 is 9.47 Å². The highest BCUT2D eigenvalue weighted by atomic mass is 16.7. The molecule has 7 atom stereocenters. The van der Waals surface area contributed by atoms with Crippen LogP contribution >= 0.6 is 0 Å². The van der Waals surface area contributed by atoms with Crippen LogP contribution in [0.1, 0.15) is 105 Å². The Morgan fingerprint density at radius 3 is 2.47 bits per heavy atom. The molecule has 2 nitrogen and oxygen atoms in total. The molecular formula is C36H52O2. The second-order valence-corrected chi connectivity index (χ2v) is 13.9. The van der Waals surface area contributed by atoms with Gasteiger partial charge in [0.1, 0.15) is 0 Å². The van der Waals surface area contributed by atoms with Gasteiger partial charge in [0, 0.05) is 6.61 Å². The van der Waals surface area contributed by atoms with Gasteiger partial charge in [-0.3, -0.25) is 0 Å². The maximum absolute atomic E-state index is 6.51. The van der Waals surface area contributed by atoms with Crippen molar-refractivity contribution >= 4 is 6.08 Å².